The lowest BCUT2D eigenvalue weighted by Crippen LogP contribution is -2.18. The number of nitrogens with two attached hydrogens (primary N) is 1. The molecule has 0 aliphatic carbocycles. The molecule has 4 aromatic rings. The van der Waals surface area contributed by atoms with Crippen LogP contribution in [0.5, 0.6) is 11.5 Å². The van der Waals surface area contributed by atoms with E-state index in [-0.39, 0.29) is 22.6 Å². The maximum atomic E-state index is 14.2. The van der Waals surface area contributed by atoms with Crippen molar-refractivity contribution in [3.8, 4) is 39.7 Å². The van der Waals surface area contributed by atoms with Crippen LogP contribution in [0.3, 0.4) is 0 Å². The Labute approximate surface area is 228 Å². The molecule has 1 unspecified atom stereocenters. The summed E-state index contributed by atoms with van der Waals surface area (Å²) < 4.78 is 41.4. The number of carbonyl (C=O) groups excluding carboxylic acids is 1. The second-order valence-corrected chi connectivity index (χ2v) is 9.43. The van der Waals surface area contributed by atoms with Gasteiger partial charge in [0.2, 0.25) is 0 Å². The molecule has 40 heavy (non-hydrogen) atoms. The number of primary amides is 1. The van der Waals surface area contributed by atoms with Gasteiger partial charge in [-0.3, -0.25) is 9.78 Å². The van der Waals surface area contributed by atoms with Crippen molar-refractivity contribution < 1.29 is 33.0 Å². The van der Waals surface area contributed by atoms with Crippen molar-refractivity contribution in [2.45, 2.75) is 39.2 Å². The van der Waals surface area contributed by atoms with E-state index in [4.69, 9.17) is 15.2 Å². The SMILES string of the molecule is CCCCc1ccnc(-c2cc3c(cc2OC)OC(C)c2c(C(N)=O)nn(-c4cc(F)cc(F)c4)c2-3)c1C(=O)O. The van der Waals surface area contributed by atoms with Crippen LogP contribution in [0.1, 0.15) is 64.8 Å². The molecule has 9 nitrogen and oxygen atoms in total. The summed E-state index contributed by atoms with van der Waals surface area (Å²) in [6.07, 6.45) is 3.05. The van der Waals surface area contributed by atoms with Gasteiger partial charge >= 0.3 is 5.97 Å². The van der Waals surface area contributed by atoms with Gasteiger partial charge in [-0.2, -0.15) is 5.10 Å². The van der Waals surface area contributed by atoms with Crippen molar-refractivity contribution in [1.29, 1.82) is 0 Å². The number of ether oxygens (including phenoxy) is 2. The zero-order valence-electron chi connectivity index (χ0n) is 22.0. The minimum atomic E-state index is -1.14. The van der Waals surface area contributed by atoms with E-state index in [1.807, 2.05) is 6.92 Å². The Morgan fingerprint density at radius 1 is 1.15 bits per heavy atom. The molecule has 2 aromatic heterocycles. The van der Waals surface area contributed by atoms with Crippen LogP contribution in [0, 0.1) is 11.6 Å². The molecule has 1 aliphatic heterocycles. The maximum Gasteiger partial charge on any atom is 0.338 e. The minimum Gasteiger partial charge on any atom is -0.496 e. The second-order valence-electron chi connectivity index (χ2n) is 9.43. The van der Waals surface area contributed by atoms with Crippen molar-refractivity contribution >= 4 is 11.9 Å². The first kappa shape index (κ1) is 26.8. The van der Waals surface area contributed by atoms with Gasteiger partial charge in [0.25, 0.3) is 5.91 Å². The highest BCUT2D eigenvalue weighted by atomic mass is 19.1. The van der Waals surface area contributed by atoms with Crippen molar-refractivity contribution in [2.75, 3.05) is 7.11 Å². The summed E-state index contributed by atoms with van der Waals surface area (Å²) in [6.45, 7) is 3.70. The average Bonchev–Trinajstić information content (AvgIpc) is 3.32. The first-order chi connectivity index (χ1) is 19.1. The fourth-order valence-electron chi connectivity index (χ4n) is 5.07. The Hall–Kier alpha value is -4.80. The smallest absolute Gasteiger partial charge is 0.338 e. The fourth-order valence-corrected chi connectivity index (χ4v) is 5.07. The predicted molar refractivity (Wildman–Crippen MR) is 142 cm³/mol. The number of amides is 1. The van der Waals surface area contributed by atoms with E-state index < -0.39 is 29.6 Å². The number of hydrogen-bond acceptors (Lipinski definition) is 6. The third-order valence-electron chi connectivity index (χ3n) is 6.82. The van der Waals surface area contributed by atoms with Gasteiger partial charge in [0.1, 0.15) is 29.2 Å². The summed E-state index contributed by atoms with van der Waals surface area (Å²) >= 11 is 0. The summed E-state index contributed by atoms with van der Waals surface area (Å²) in [7, 11) is 1.44. The Morgan fingerprint density at radius 3 is 2.50 bits per heavy atom. The topological polar surface area (TPSA) is 130 Å². The Bertz CT molecular complexity index is 1650. The first-order valence-electron chi connectivity index (χ1n) is 12.6. The molecule has 206 valence electrons. The first-order valence-corrected chi connectivity index (χ1v) is 12.6. The number of hydrogen-bond donors (Lipinski definition) is 2. The van der Waals surface area contributed by atoms with Gasteiger partial charge in [0.05, 0.1) is 35.3 Å². The van der Waals surface area contributed by atoms with E-state index in [1.165, 1.54) is 11.8 Å². The molecule has 1 amide bonds. The number of methoxy groups -OCH3 is 1. The predicted octanol–water partition coefficient (Wildman–Crippen LogP) is 5.48. The summed E-state index contributed by atoms with van der Waals surface area (Å²) in [5.41, 5.74) is 7.74. The molecule has 11 heteroatoms. The lowest BCUT2D eigenvalue weighted by molar-refractivity contribution is 0.0695. The summed E-state index contributed by atoms with van der Waals surface area (Å²) in [4.78, 5) is 29.2. The maximum absolute atomic E-state index is 14.2. The van der Waals surface area contributed by atoms with Crippen LogP contribution >= 0.6 is 0 Å². The summed E-state index contributed by atoms with van der Waals surface area (Å²) in [5, 5.41) is 14.5. The molecule has 5 rings (SSSR count). The number of aromatic carboxylic acids is 1. The number of benzene rings is 2. The van der Waals surface area contributed by atoms with E-state index in [2.05, 4.69) is 10.1 Å². The van der Waals surface area contributed by atoms with Gasteiger partial charge in [-0.1, -0.05) is 13.3 Å². The molecule has 0 spiro atoms. The quantitative estimate of drug-likeness (QED) is 0.298. The van der Waals surface area contributed by atoms with Gasteiger partial charge in [-0.25, -0.2) is 18.3 Å². The minimum absolute atomic E-state index is 0.0181. The molecule has 0 radical (unpaired) electrons. The normalized spacial score (nSPS) is 13.8. The zero-order chi connectivity index (χ0) is 28.7. The number of nitrogens with zero attached hydrogens (tertiary/aromatic N) is 3. The molecule has 3 N–H and O–H groups in total. The highest BCUT2D eigenvalue weighted by Crippen LogP contribution is 2.49. The molecule has 0 saturated carbocycles. The summed E-state index contributed by atoms with van der Waals surface area (Å²) in [5.74, 6) is -3.04. The number of aryl methyl sites for hydroxylation is 1. The van der Waals surface area contributed by atoms with Crippen LogP contribution in [0.4, 0.5) is 8.78 Å². The fraction of sp³-hybridized carbons (Fsp3) is 0.241. The highest BCUT2D eigenvalue weighted by molar-refractivity contribution is 5.99. The Kier molecular flexibility index (Phi) is 6.97. The summed E-state index contributed by atoms with van der Waals surface area (Å²) in [6, 6.07) is 7.77. The van der Waals surface area contributed by atoms with Crippen LogP contribution in [0.2, 0.25) is 0 Å². The lowest BCUT2D eigenvalue weighted by atomic mass is 9.92. The van der Waals surface area contributed by atoms with Crippen LogP contribution in [0.25, 0.3) is 28.2 Å². The monoisotopic (exact) mass is 548 g/mol. The van der Waals surface area contributed by atoms with Crippen LogP contribution in [0.15, 0.2) is 42.6 Å². The van der Waals surface area contributed by atoms with E-state index in [0.29, 0.717) is 45.9 Å². The molecule has 1 aliphatic rings. The van der Waals surface area contributed by atoms with E-state index >= 15 is 0 Å². The largest absolute Gasteiger partial charge is 0.496 e. The van der Waals surface area contributed by atoms with E-state index in [9.17, 15) is 23.5 Å². The number of pyridine rings is 1. The van der Waals surface area contributed by atoms with Crippen molar-refractivity contribution in [1.82, 2.24) is 14.8 Å². The number of aromatic nitrogens is 3. The number of carboxylic acids is 1. The molecule has 2 aromatic carbocycles. The highest BCUT2D eigenvalue weighted by Gasteiger charge is 2.35. The molecular formula is C29H26F2N4O5. The number of unbranched alkanes of at least 4 members (excludes halogenated alkanes) is 1. The Morgan fingerprint density at radius 2 is 1.88 bits per heavy atom. The zero-order valence-corrected chi connectivity index (χ0v) is 22.0. The van der Waals surface area contributed by atoms with Crippen LogP contribution in [-0.4, -0.2) is 38.9 Å². The van der Waals surface area contributed by atoms with Crippen molar-refractivity contribution in [3.63, 3.8) is 0 Å². The van der Waals surface area contributed by atoms with Gasteiger partial charge in [-0.15, -0.1) is 0 Å². The van der Waals surface area contributed by atoms with Crippen molar-refractivity contribution in [3.05, 3.63) is 76.6 Å². The second kappa shape index (κ2) is 10.4. The van der Waals surface area contributed by atoms with Crippen LogP contribution < -0.4 is 15.2 Å². The molecule has 3 heterocycles. The molecule has 0 bridgehead atoms. The van der Waals surface area contributed by atoms with E-state index in [1.54, 1.807) is 31.3 Å². The van der Waals surface area contributed by atoms with Crippen molar-refractivity contribution in [2.24, 2.45) is 5.73 Å². The van der Waals surface area contributed by atoms with Crippen LogP contribution in [-0.2, 0) is 6.42 Å². The molecular weight excluding hydrogens is 522 g/mol. The van der Waals surface area contributed by atoms with Gasteiger partial charge in [0, 0.05) is 29.5 Å². The van der Waals surface area contributed by atoms with Gasteiger partial charge in [-0.05, 0) is 49.6 Å². The number of rotatable bonds is 8. The van der Waals surface area contributed by atoms with E-state index in [0.717, 1.165) is 31.0 Å². The van der Waals surface area contributed by atoms with Gasteiger partial charge in [0.15, 0.2) is 5.69 Å². The number of fused-ring (bicyclic) bond motifs is 3. The Balaban J connectivity index is 1.83. The number of carboxylic acid groups (broad SMARTS) is 1. The average molecular weight is 549 g/mol. The third-order valence-corrected chi connectivity index (χ3v) is 6.82. The standard InChI is InChI=1S/C29H26F2N4O5/c1-4-5-6-15-7-8-33-25(24(15)29(37)38)19-12-20-22(13-21(19)39-3)40-14(2)23-26(28(32)36)34-35(27(20)23)18-10-16(30)9-17(31)11-18/h7-14H,4-6H2,1-3H3,(H2,32,36)(H,37,38). The third kappa shape index (κ3) is 4.53. The lowest BCUT2D eigenvalue weighted by Gasteiger charge is -2.26. The number of halogens is 2. The van der Waals surface area contributed by atoms with Gasteiger partial charge < -0.3 is 20.3 Å². The molecule has 1 atom stereocenters. The molecule has 0 saturated heterocycles. The molecule has 0 fully saturated rings. The number of carbonyl (C=O) groups is 2.